The highest BCUT2D eigenvalue weighted by Gasteiger charge is 2.28. The third kappa shape index (κ3) is 18.7. The zero-order valence-corrected chi connectivity index (χ0v) is 43.7. The van der Waals surface area contributed by atoms with E-state index in [2.05, 4.69) is 53.8 Å². The number of aliphatic hydroxyl groups is 1. The number of nitrogens with one attached hydrogen (secondary N) is 3. The summed E-state index contributed by atoms with van der Waals surface area (Å²) in [6.07, 6.45) is 3.11. The number of aryl methyl sites for hydroxylation is 2. The van der Waals surface area contributed by atoms with Crippen molar-refractivity contribution in [2.75, 3.05) is 101 Å². The van der Waals surface area contributed by atoms with E-state index >= 15 is 0 Å². The smallest absolute Gasteiger partial charge is 0.317 e. The molecule has 390 valence electrons. The van der Waals surface area contributed by atoms with Gasteiger partial charge >= 0.3 is 6.03 Å². The van der Waals surface area contributed by atoms with Gasteiger partial charge in [-0.3, -0.25) is 19.2 Å². The molecule has 1 unspecified atom stereocenters. The lowest BCUT2D eigenvalue weighted by Crippen LogP contribution is -2.45. The Morgan fingerprint density at radius 1 is 0.915 bits per heavy atom. The van der Waals surface area contributed by atoms with Gasteiger partial charge in [0.2, 0.25) is 18.2 Å². The fourth-order valence-electron chi connectivity index (χ4n) is 7.60. The van der Waals surface area contributed by atoms with E-state index < -0.39 is 12.0 Å². The van der Waals surface area contributed by atoms with Crippen molar-refractivity contribution in [1.29, 1.82) is 0 Å². The number of benzene rings is 2. The molecule has 2 aliphatic rings. The van der Waals surface area contributed by atoms with Crippen LogP contribution in [-0.2, 0) is 61.7 Å². The Bertz CT molecular complexity index is 2350. The predicted molar refractivity (Wildman–Crippen MR) is 273 cm³/mol. The van der Waals surface area contributed by atoms with Gasteiger partial charge in [0, 0.05) is 63.6 Å². The number of hydrogen-bond donors (Lipinski definition) is 4. The van der Waals surface area contributed by atoms with Crippen LogP contribution in [-0.4, -0.2) is 160 Å². The van der Waals surface area contributed by atoms with Gasteiger partial charge in [0.1, 0.15) is 18.1 Å². The number of thiazole rings is 1. The predicted octanol–water partition coefficient (Wildman–Crippen LogP) is 3.98. The number of likely N-dealkylation sites (tertiary alicyclic amines) is 1. The minimum Gasteiger partial charge on any atom is -0.496 e. The molecule has 2 aliphatic heterocycles. The molecule has 1 fully saturated rings. The van der Waals surface area contributed by atoms with Crippen molar-refractivity contribution in [2.45, 2.75) is 66.3 Å². The van der Waals surface area contributed by atoms with Crippen LogP contribution in [0.4, 0.5) is 4.79 Å². The largest absolute Gasteiger partial charge is 0.496 e. The van der Waals surface area contributed by atoms with Crippen LogP contribution in [0.5, 0.6) is 11.5 Å². The van der Waals surface area contributed by atoms with E-state index in [0.717, 1.165) is 39.4 Å². The molecule has 71 heavy (non-hydrogen) atoms. The van der Waals surface area contributed by atoms with Gasteiger partial charge in [0.25, 0.3) is 5.56 Å². The van der Waals surface area contributed by atoms with Crippen LogP contribution >= 0.6 is 11.3 Å². The number of rotatable bonds is 22. The third-order valence-electron chi connectivity index (χ3n) is 11.1. The van der Waals surface area contributed by atoms with E-state index in [1.807, 2.05) is 61.9 Å². The fraction of sp³-hybridized carbons (Fsp3) is 0.529. The van der Waals surface area contributed by atoms with E-state index in [9.17, 15) is 29.1 Å². The fourth-order valence-corrected chi connectivity index (χ4v) is 8.41. The summed E-state index contributed by atoms with van der Waals surface area (Å²) < 4.78 is 29.3. The number of carbonyl (C=O) groups is 4. The topological polar surface area (TPSA) is 215 Å². The quantitative estimate of drug-likeness (QED) is 0.0649. The number of pyridine rings is 1. The molecule has 0 bridgehead atoms. The van der Waals surface area contributed by atoms with Crippen molar-refractivity contribution < 1.29 is 48.0 Å². The molecule has 1 atom stereocenters. The number of aromatic nitrogens is 2. The maximum atomic E-state index is 13.2. The van der Waals surface area contributed by atoms with Crippen molar-refractivity contribution in [2.24, 2.45) is 13.0 Å². The zero-order chi connectivity index (χ0) is 51.9. The SMILES string of the molecule is CC(C)C.COc1cc(-c2cn(C)c(=O)c3c2CCN(C(=O)NCCOCCOCCOCC(=O)NCC(=O)N2CCC(O)C2)C3)cc(OC)c1CN(C)C.Cc1ncsc1-c1ccc(CNC=O)cc1. The summed E-state index contributed by atoms with van der Waals surface area (Å²) in [6.45, 7) is 12.5. The molecule has 5 amide bonds. The second-order valence-corrected chi connectivity index (χ2v) is 18.8. The highest BCUT2D eigenvalue weighted by Crippen LogP contribution is 2.38. The number of ether oxygens (including phenoxy) is 5. The van der Waals surface area contributed by atoms with E-state index in [0.29, 0.717) is 82.3 Å². The van der Waals surface area contributed by atoms with Crippen LogP contribution in [0, 0.1) is 12.8 Å². The minimum absolute atomic E-state index is 0.129. The van der Waals surface area contributed by atoms with Crippen LogP contribution in [0.15, 0.2) is 52.9 Å². The Labute approximate surface area is 421 Å². The Balaban J connectivity index is 0.000000452. The summed E-state index contributed by atoms with van der Waals surface area (Å²) in [5, 5.41) is 17.5. The second kappa shape index (κ2) is 30.1. The van der Waals surface area contributed by atoms with Crippen LogP contribution in [0.25, 0.3) is 21.6 Å². The molecule has 4 heterocycles. The zero-order valence-electron chi connectivity index (χ0n) is 42.8. The van der Waals surface area contributed by atoms with E-state index in [-0.39, 0.29) is 63.6 Å². The van der Waals surface area contributed by atoms with Gasteiger partial charge in [0.05, 0.1) is 88.1 Å². The number of β-amino-alcohol motifs (C(OH)–C–C–N with tert-alkyl or cyclic N) is 1. The molecule has 4 aromatic rings. The Hall–Kier alpha value is -5.90. The number of aliphatic hydroxyl groups excluding tert-OH is 1. The number of amides is 5. The number of urea groups is 1. The molecule has 20 heteroatoms. The minimum atomic E-state index is -0.502. The van der Waals surface area contributed by atoms with Crippen LogP contribution in [0.3, 0.4) is 0 Å². The van der Waals surface area contributed by atoms with Gasteiger partial charge in [-0.2, -0.15) is 0 Å². The standard InChI is InChI=1S/C35H52N6O10.C12H12N2OS.C4H10/c1-38(2)20-29-30(47-4)16-24(17-31(29)48-5)27-21-39(3)34(45)28-22-41(10-7-26(27)28)35(46)36-8-11-49-12-13-50-14-15-51-23-32(43)37-18-33(44)40-9-6-25(42)19-40;1-9-12(16-8-14-9)11-4-2-10(3-5-11)6-13-7-15;1-4(2)3/h16-17,21,25,42H,6-15,18-20,22-23H2,1-5H3,(H,36,46)(H,37,43);2-5,7-8H,6H2,1H3,(H,13,15);4H,1-3H3. The third-order valence-corrected chi connectivity index (χ3v) is 12.0. The Morgan fingerprint density at radius 3 is 2.14 bits per heavy atom. The lowest BCUT2D eigenvalue weighted by molar-refractivity contribution is -0.133. The Kier molecular flexibility index (Phi) is 24.4. The van der Waals surface area contributed by atoms with Gasteiger partial charge in [-0.1, -0.05) is 45.0 Å². The van der Waals surface area contributed by atoms with Gasteiger partial charge in [-0.25, -0.2) is 9.78 Å². The molecule has 2 aromatic heterocycles. The van der Waals surface area contributed by atoms with Gasteiger partial charge in [-0.05, 0) is 74.2 Å². The number of methoxy groups -OCH3 is 2. The van der Waals surface area contributed by atoms with Crippen molar-refractivity contribution in [1.82, 2.24) is 40.2 Å². The van der Waals surface area contributed by atoms with Gasteiger partial charge < -0.3 is 64.0 Å². The molecule has 0 saturated carbocycles. The summed E-state index contributed by atoms with van der Waals surface area (Å²) in [5.74, 6) is 1.59. The first kappa shape index (κ1) is 57.7. The lowest BCUT2D eigenvalue weighted by Gasteiger charge is -2.30. The Morgan fingerprint density at radius 2 is 1.56 bits per heavy atom. The molecular weight excluding hydrogens is 933 g/mol. The molecule has 0 spiro atoms. The molecular formula is C51H74N8O11S. The van der Waals surface area contributed by atoms with Crippen LogP contribution in [0.1, 0.15) is 55.1 Å². The average molecular weight is 1010 g/mol. The molecule has 1 saturated heterocycles. The first-order valence-corrected chi connectivity index (χ1v) is 24.7. The van der Waals surface area contributed by atoms with Crippen LogP contribution < -0.4 is 31.0 Å². The van der Waals surface area contributed by atoms with Gasteiger partial charge in [-0.15, -0.1) is 11.3 Å². The average Bonchev–Trinajstić information content (AvgIpc) is 4.00. The first-order valence-electron chi connectivity index (χ1n) is 23.8. The highest BCUT2D eigenvalue weighted by atomic mass is 32.1. The number of fused-ring (bicyclic) bond motifs is 1. The summed E-state index contributed by atoms with van der Waals surface area (Å²) in [6, 6.07) is 11.8. The summed E-state index contributed by atoms with van der Waals surface area (Å²) in [7, 11) is 8.93. The molecule has 0 radical (unpaired) electrons. The number of hydrogen-bond acceptors (Lipinski definition) is 14. The lowest BCUT2D eigenvalue weighted by atomic mass is 9.91. The maximum Gasteiger partial charge on any atom is 0.317 e. The van der Waals surface area contributed by atoms with E-state index in [1.165, 1.54) is 15.3 Å². The second-order valence-electron chi connectivity index (χ2n) is 17.9. The van der Waals surface area contributed by atoms with Crippen molar-refractivity contribution in [3.63, 3.8) is 0 Å². The summed E-state index contributed by atoms with van der Waals surface area (Å²) in [5.41, 5.74) is 9.24. The van der Waals surface area contributed by atoms with E-state index in [4.69, 9.17) is 23.7 Å². The molecule has 0 aliphatic carbocycles. The first-order chi connectivity index (χ1) is 34.1. The van der Waals surface area contributed by atoms with Crippen molar-refractivity contribution >= 4 is 35.6 Å². The molecule has 19 nitrogen and oxygen atoms in total. The number of carbonyl (C=O) groups excluding carboxylic acids is 4. The normalized spacial score (nSPS) is 13.9. The monoisotopic (exact) mass is 1010 g/mol. The molecule has 6 rings (SSSR count). The van der Waals surface area contributed by atoms with Crippen molar-refractivity contribution in [3.05, 3.63) is 86.4 Å². The maximum absolute atomic E-state index is 13.2. The molecule has 2 aromatic carbocycles. The van der Waals surface area contributed by atoms with Crippen molar-refractivity contribution in [3.8, 4) is 33.1 Å². The van der Waals surface area contributed by atoms with Gasteiger partial charge in [0.15, 0.2) is 0 Å². The highest BCUT2D eigenvalue weighted by molar-refractivity contribution is 7.13. The summed E-state index contributed by atoms with van der Waals surface area (Å²) in [4.78, 5) is 70.9. The van der Waals surface area contributed by atoms with E-state index in [1.54, 1.807) is 42.1 Å². The van der Waals surface area contributed by atoms with Crippen LogP contribution in [0.2, 0.25) is 0 Å². The summed E-state index contributed by atoms with van der Waals surface area (Å²) >= 11 is 1.64. The molecule has 4 N–H and O–H groups in total. The number of nitrogens with zero attached hydrogens (tertiary/aromatic N) is 5.